The van der Waals surface area contributed by atoms with Crippen molar-refractivity contribution in [3.63, 3.8) is 0 Å². The molecule has 2 heterocycles. The first kappa shape index (κ1) is 19.7. The van der Waals surface area contributed by atoms with Crippen LogP contribution >= 0.6 is 0 Å². The van der Waals surface area contributed by atoms with Crippen LogP contribution in [0.25, 0.3) is 11.5 Å². The Balaban J connectivity index is 1.66. The van der Waals surface area contributed by atoms with E-state index < -0.39 is 15.9 Å². The molecule has 3 N–H and O–H groups in total. The van der Waals surface area contributed by atoms with Crippen molar-refractivity contribution in [3.05, 3.63) is 48.1 Å². The number of nitrogens with zero attached hydrogens (tertiary/aromatic N) is 2. The van der Waals surface area contributed by atoms with Gasteiger partial charge in [-0.15, -0.1) is 10.2 Å². The summed E-state index contributed by atoms with van der Waals surface area (Å²) < 4.78 is 36.8. The number of methoxy groups -OCH3 is 1. The number of carbonyl (C=O) groups is 1. The van der Waals surface area contributed by atoms with Gasteiger partial charge in [0.2, 0.25) is 21.8 Å². The van der Waals surface area contributed by atoms with Crippen LogP contribution < -0.4 is 10.0 Å². The summed E-state index contributed by atoms with van der Waals surface area (Å²) in [6.45, 7) is 2.08. The molecule has 28 heavy (non-hydrogen) atoms. The molecule has 0 fully saturated rings. The normalized spacial score (nSPS) is 11.5. The second-order valence-corrected chi connectivity index (χ2v) is 7.56. The minimum Gasteiger partial charge on any atom is -0.421 e. The van der Waals surface area contributed by atoms with Gasteiger partial charge in [0.15, 0.2) is 0 Å². The Morgan fingerprint density at radius 2 is 2.00 bits per heavy atom. The van der Waals surface area contributed by atoms with E-state index in [0.717, 1.165) is 0 Å². The Morgan fingerprint density at radius 1 is 1.25 bits per heavy atom. The van der Waals surface area contributed by atoms with Crippen molar-refractivity contribution < 1.29 is 22.4 Å². The van der Waals surface area contributed by atoms with Crippen LogP contribution in [0.3, 0.4) is 0 Å². The largest absolute Gasteiger partial charge is 0.421 e. The van der Waals surface area contributed by atoms with E-state index >= 15 is 0 Å². The van der Waals surface area contributed by atoms with Gasteiger partial charge in [-0.05, 0) is 30.3 Å². The summed E-state index contributed by atoms with van der Waals surface area (Å²) in [4.78, 5) is 15.0. The van der Waals surface area contributed by atoms with Crippen LogP contribution in [0.1, 0.15) is 16.4 Å². The fourth-order valence-electron chi connectivity index (χ4n) is 2.33. The van der Waals surface area contributed by atoms with Crippen LogP contribution in [-0.2, 0) is 14.8 Å². The average molecular weight is 405 g/mol. The standard InChI is InChI=1S/C17H19N5O5S/c1-11-21-22-17(27-11)12-3-5-13(6-4-12)20-16(23)15-9-14(10-18-15)28(24,25)19-7-8-26-2/h3-6,9-10,18-19H,7-8H2,1-2H3,(H,20,23). The predicted molar refractivity (Wildman–Crippen MR) is 100 cm³/mol. The van der Waals surface area contributed by atoms with Gasteiger partial charge in [-0.25, -0.2) is 13.1 Å². The van der Waals surface area contributed by atoms with Gasteiger partial charge in [-0.1, -0.05) is 0 Å². The Labute approximate surface area is 161 Å². The first-order valence-electron chi connectivity index (χ1n) is 8.28. The van der Waals surface area contributed by atoms with Crippen LogP contribution in [0.5, 0.6) is 0 Å². The summed E-state index contributed by atoms with van der Waals surface area (Å²) in [5.74, 6) is 0.372. The second kappa shape index (κ2) is 8.33. The lowest BCUT2D eigenvalue weighted by Gasteiger charge is -2.04. The molecule has 0 aliphatic rings. The topological polar surface area (TPSA) is 139 Å². The molecule has 0 saturated heterocycles. The zero-order chi connectivity index (χ0) is 20.1. The number of carbonyl (C=O) groups excluding carboxylic acids is 1. The summed E-state index contributed by atoms with van der Waals surface area (Å²) in [6.07, 6.45) is 1.26. The van der Waals surface area contributed by atoms with E-state index in [1.165, 1.54) is 19.4 Å². The number of nitrogens with one attached hydrogen (secondary N) is 3. The second-order valence-electron chi connectivity index (χ2n) is 5.80. The number of hydrogen-bond donors (Lipinski definition) is 3. The molecule has 0 radical (unpaired) electrons. The van der Waals surface area contributed by atoms with E-state index in [2.05, 4.69) is 25.2 Å². The van der Waals surface area contributed by atoms with Gasteiger partial charge in [0.25, 0.3) is 5.91 Å². The van der Waals surface area contributed by atoms with Gasteiger partial charge in [0.05, 0.1) is 6.61 Å². The van der Waals surface area contributed by atoms with Crippen molar-refractivity contribution in [1.29, 1.82) is 0 Å². The Kier molecular flexibility index (Phi) is 5.87. The zero-order valence-corrected chi connectivity index (χ0v) is 16.0. The summed E-state index contributed by atoms with van der Waals surface area (Å²) >= 11 is 0. The highest BCUT2D eigenvalue weighted by atomic mass is 32.2. The van der Waals surface area contributed by atoms with Gasteiger partial charge >= 0.3 is 0 Å². The van der Waals surface area contributed by atoms with Crippen LogP contribution in [0.15, 0.2) is 45.8 Å². The molecule has 0 atom stereocenters. The number of rotatable bonds is 8. The molecule has 11 heteroatoms. The van der Waals surface area contributed by atoms with Gasteiger partial charge < -0.3 is 19.5 Å². The number of benzene rings is 1. The number of aryl methyl sites for hydroxylation is 1. The zero-order valence-electron chi connectivity index (χ0n) is 15.2. The minimum atomic E-state index is -3.72. The maximum atomic E-state index is 12.4. The third kappa shape index (κ3) is 4.63. The molecule has 2 aromatic heterocycles. The summed E-state index contributed by atoms with van der Waals surface area (Å²) in [6, 6.07) is 8.08. The molecule has 3 rings (SSSR count). The molecular formula is C17H19N5O5S. The Bertz CT molecular complexity index is 1060. The lowest BCUT2D eigenvalue weighted by atomic mass is 10.2. The lowest BCUT2D eigenvalue weighted by molar-refractivity contribution is 0.102. The Hall–Kier alpha value is -3.02. The lowest BCUT2D eigenvalue weighted by Crippen LogP contribution is -2.26. The molecule has 0 aliphatic carbocycles. The maximum Gasteiger partial charge on any atom is 0.272 e. The van der Waals surface area contributed by atoms with Crippen molar-refractivity contribution in [2.75, 3.05) is 25.6 Å². The van der Waals surface area contributed by atoms with Crippen molar-refractivity contribution in [2.45, 2.75) is 11.8 Å². The molecule has 0 spiro atoms. The molecule has 1 aromatic carbocycles. The molecule has 148 valence electrons. The average Bonchev–Trinajstić information content (AvgIpc) is 3.32. The van der Waals surface area contributed by atoms with Gasteiger partial charge in [0.1, 0.15) is 10.6 Å². The highest BCUT2D eigenvalue weighted by molar-refractivity contribution is 7.89. The molecule has 10 nitrogen and oxygen atoms in total. The summed E-state index contributed by atoms with van der Waals surface area (Å²) in [5.41, 5.74) is 1.36. The van der Waals surface area contributed by atoms with Crippen LogP contribution in [-0.4, -0.2) is 49.8 Å². The molecule has 0 unspecified atom stereocenters. The van der Waals surface area contributed by atoms with Crippen LogP contribution in [0.4, 0.5) is 5.69 Å². The number of hydrogen-bond acceptors (Lipinski definition) is 7. The third-order valence-corrected chi connectivity index (χ3v) is 5.17. The first-order chi connectivity index (χ1) is 13.4. The number of H-pyrrole nitrogens is 1. The van der Waals surface area contributed by atoms with Crippen molar-refractivity contribution in [2.24, 2.45) is 0 Å². The fraction of sp³-hybridized carbons (Fsp3) is 0.235. The molecule has 0 saturated carbocycles. The number of sulfonamides is 1. The number of aromatic amines is 1. The van der Waals surface area contributed by atoms with E-state index in [-0.39, 0.29) is 23.7 Å². The highest BCUT2D eigenvalue weighted by Gasteiger charge is 2.18. The number of aromatic nitrogens is 3. The molecule has 0 aliphatic heterocycles. The molecule has 3 aromatic rings. The summed E-state index contributed by atoms with van der Waals surface area (Å²) in [5, 5.41) is 10.4. The predicted octanol–water partition coefficient (Wildman–Crippen LogP) is 1.55. The van der Waals surface area contributed by atoms with Crippen molar-refractivity contribution in [1.82, 2.24) is 19.9 Å². The smallest absolute Gasteiger partial charge is 0.272 e. The minimum absolute atomic E-state index is 0.0316. The van der Waals surface area contributed by atoms with E-state index in [0.29, 0.717) is 23.0 Å². The van der Waals surface area contributed by atoms with Crippen LogP contribution in [0.2, 0.25) is 0 Å². The monoisotopic (exact) mass is 405 g/mol. The SMILES string of the molecule is COCCNS(=O)(=O)c1c[nH]c(C(=O)Nc2ccc(-c3nnc(C)o3)cc2)c1. The van der Waals surface area contributed by atoms with E-state index in [4.69, 9.17) is 9.15 Å². The van der Waals surface area contributed by atoms with Gasteiger partial charge in [-0.3, -0.25) is 4.79 Å². The number of anilines is 1. The fourth-order valence-corrected chi connectivity index (χ4v) is 3.34. The Morgan fingerprint density at radius 3 is 2.64 bits per heavy atom. The number of amides is 1. The van der Waals surface area contributed by atoms with E-state index in [9.17, 15) is 13.2 Å². The highest BCUT2D eigenvalue weighted by Crippen LogP contribution is 2.20. The number of ether oxygens (including phenoxy) is 1. The van der Waals surface area contributed by atoms with Crippen LogP contribution in [0, 0.1) is 6.92 Å². The van der Waals surface area contributed by atoms with Crippen molar-refractivity contribution >= 4 is 21.6 Å². The first-order valence-corrected chi connectivity index (χ1v) is 9.76. The van der Waals surface area contributed by atoms with Gasteiger partial charge in [-0.2, -0.15) is 0 Å². The third-order valence-electron chi connectivity index (χ3n) is 3.73. The quantitative estimate of drug-likeness (QED) is 0.483. The maximum absolute atomic E-state index is 12.4. The molecule has 0 bridgehead atoms. The van der Waals surface area contributed by atoms with Crippen molar-refractivity contribution in [3.8, 4) is 11.5 Å². The van der Waals surface area contributed by atoms with Gasteiger partial charge in [0, 0.05) is 38.0 Å². The molecule has 1 amide bonds. The van der Waals surface area contributed by atoms with E-state index in [1.54, 1.807) is 31.2 Å². The molecular weight excluding hydrogens is 386 g/mol. The summed E-state index contributed by atoms with van der Waals surface area (Å²) in [7, 11) is -2.24. The van der Waals surface area contributed by atoms with E-state index in [1.807, 2.05) is 0 Å².